The Bertz CT molecular complexity index is 903. The summed E-state index contributed by atoms with van der Waals surface area (Å²) in [7, 11) is 0. The van der Waals surface area contributed by atoms with E-state index in [0.717, 1.165) is 0 Å². The first-order valence-electron chi connectivity index (χ1n) is 10.6. The van der Waals surface area contributed by atoms with Gasteiger partial charge in [0.25, 0.3) is 5.69 Å². The molecule has 12 heteroatoms. The number of imide groups is 1. The number of benzene rings is 1. The number of hydrogen-bond donors (Lipinski definition) is 4. The predicted molar refractivity (Wildman–Crippen MR) is 118 cm³/mol. The van der Waals surface area contributed by atoms with Crippen LogP contribution in [0.1, 0.15) is 39.5 Å². The van der Waals surface area contributed by atoms with E-state index in [0.29, 0.717) is 25.1 Å². The maximum absolute atomic E-state index is 12.8. The highest BCUT2D eigenvalue weighted by atomic mass is 16.6. The van der Waals surface area contributed by atoms with Gasteiger partial charge >= 0.3 is 5.97 Å². The van der Waals surface area contributed by atoms with E-state index < -0.39 is 46.7 Å². The van der Waals surface area contributed by atoms with Gasteiger partial charge in [0.2, 0.25) is 17.7 Å². The number of rotatable bonds is 10. The maximum Gasteiger partial charge on any atom is 0.303 e. The normalized spacial score (nSPS) is 17.3. The Hall–Kier alpha value is -3.54. The van der Waals surface area contributed by atoms with Crippen LogP contribution in [0.2, 0.25) is 0 Å². The summed E-state index contributed by atoms with van der Waals surface area (Å²) in [6, 6.07) is 2.83. The van der Waals surface area contributed by atoms with Crippen molar-refractivity contribution in [3.63, 3.8) is 0 Å². The second-order valence-electron chi connectivity index (χ2n) is 8.25. The lowest BCUT2D eigenvalue weighted by Crippen LogP contribution is -2.54. The van der Waals surface area contributed by atoms with Crippen LogP contribution in [0, 0.1) is 16.0 Å². The van der Waals surface area contributed by atoms with E-state index in [4.69, 9.17) is 10.8 Å². The molecule has 0 aromatic heterocycles. The van der Waals surface area contributed by atoms with Gasteiger partial charge in [0.15, 0.2) is 0 Å². The summed E-state index contributed by atoms with van der Waals surface area (Å²) in [6.45, 7) is 3.85. The second-order valence-corrected chi connectivity index (χ2v) is 8.25. The third kappa shape index (κ3) is 6.97. The molecule has 1 aromatic carbocycles. The zero-order chi connectivity index (χ0) is 24.7. The number of nitro groups is 1. The van der Waals surface area contributed by atoms with Crippen molar-refractivity contribution in [2.45, 2.75) is 57.7 Å². The number of carbonyl (C=O) groups is 4. The average Bonchev–Trinajstić information content (AvgIpc) is 3.25. The van der Waals surface area contributed by atoms with Gasteiger partial charge in [-0.1, -0.05) is 13.8 Å². The minimum Gasteiger partial charge on any atom is -0.481 e. The lowest BCUT2D eigenvalue weighted by molar-refractivity contribution is -0.384. The van der Waals surface area contributed by atoms with Gasteiger partial charge in [-0.05, 0) is 37.3 Å². The van der Waals surface area contributed by atoms with Crippen molar-refractivity contribution in [1.82, 2.24) is 10.2 Å². The lowest BCUT2D eigenvalue weighted by Gasteiger charge is -2.28. The fourth-order valence-corrected chi connectivity index (χ4v) is 3.59. The Kier molecular flexibility index (Phi) is 8.85. The Morgan fingerprint density at radius 1 is 1.24 bits per heavy atom. The van der Waals surface area contributed by atoms with E-state index in [-0.39, 0.29) is 24.4 Å². The second kappa shape index (κ2) is 11.4. The highest BCUT2D eigenvalue weighted by molar-refractivity contribution is 6.02. The first-order chi connectivity index (χ1) is 15.5. The van der Waals surface area contributed by atoms with Gasteiger partial charge in [-0.25, -0.2) is 0 Å². The van der Waals surface area contributed by atoms with Crippen LogP contribution in [-0.2, 0) is 19.2 Å². The number of nitro benzene ring substituents is 1. The molecule has 3 atom stereocenters. The first-order valence-corrected chi connectivity index (χ1v) is 10.6. The molecule has 3 amide bonds. The molecule has 0 bridgehead atoms. The molecule has 12 nitrogen and oxygen atoms in total. The van der Waals surface area contributed by atoms with Gasteiger partial charge in [-0.15, -0.1) is 0 Å². The summed E-state index contributed by atoms with van der Waals surface area (Å²) in [5.41, 5.74) is 6.19. The van der Waals surface area contributed by atoms with E-state index in [1.54, 1.807) is 13.8 Å². The van der Waals surface area contributed by atoms with Crippen LogP contribution in [0.5, 0.6) is 0 Å². The number of non-ortho nitro benzene ring substituents is 1. The van der Waals surface area contributed by atoms with Crippen molar-refractivity contribution in [3.8, 4) is 0 Å². The van der Waals surface area contributed by atoms with Gasteiger partial charge in [-0.2, -0.15) is 0 Å². The van der Waals surface area contributed by atoms with E-state index in [1.807, 2.05) is 0 Å². The van der Waals surface area contributed by atoms with Gasteiger partial charge in [-0.3, -0.25) is 34.6 Å². The fourth-order valence-electron chi connectivity index (χ4n) is 3.59. The van der Waals surface area contributed by atoms with Crippen molar-refractivity contribution < 1.29 is 29.2 Å². The molecule has 1 heterocycles. The van der Waals surface area contributed by atoms with Gasteiger partial charge in [0.05, 0.1) is 11.0 Å². The number of aliphatic carboxylic acids is 1. The van der Waals surface area contributed by atoms with Crippen molar-refractivity contribution in [3.05, 3.63) is 34.4 Å². The van der Waals surface area contributed by atoms with Crippen LogP contribution in [0.25, 0.3) is 0 Å². The fraction of sp³-hybridized carbons (Fsp3) is 0.524. The highest BCUT2D eigenvalue weighted by Crippen LogP contribution is 2.21. The number of nitrogens with zero attached hydrogens (tertiary/aromatic N) is 2. The van der Waals surface area contributed by atoms with Crippen molar-refractivity contribution in [2.75, 3.05) is 11.9 Å². The number of amides is 3. The van der Waals surface area contributed by atoms with Crippen LogP contribution in [0.4, 0.5) is 11.4 Å². The summed E-state index contributed by atoms with van der Waals surface area (Å²) < 4.78 is 0. The van der Waals surface area contributed by atoms with Crippen molar-refractivity contribution in [2.24, 2.45) is 11.7 Å². The van der Waals surface area contributed by atoms with E-state index in [9.17, 15) is 29.3 Å². The zero-order valence-electron chi connectivity index (χ0n) is 18.5. The predicted octanol–water partition coefficient (Wildman–Crippen LogP) is 0.857. The molecule has 5 N–H and O–H groups in total. The molecule has 180 valence electrons. The van der Waals surface area contributed by atoms with Crippen LogP contribution in [0.15, 0.2) is 24.3 Å². The van der Waals surface area contributed by atoms with Crippen LogP contribution >= 0.6 is 0 Å². The minimum absolute atomic E-state index is 0.0491. The molecule has 0 aliphatic carbocycles. The van der Waals surface area contributed by atoms with Gasteiger partial charge < -0.3 is 21.1 Å². The SMILES string of the molecule is CC(C)[C@H](Nc1ccc([N+](=O)[O-])cc1)C(=O)NC(=O)[C@@H]1CCCN1C(=O)[C@@H](N)CCC(=O)O. The minimum atomic E-state index is -1.07. The number of likely N-dealkylation sites (tertiary alicyclic amines) is 1. The molecule has 1 aromatic rings. The molecule has 0 radical (unpaired) electrons. The molecule has 0 spiro atoms. The lowest BCUT2D eigenvalue weighted by atomic mass is 10.0. The van der Waals surface area contributed by atoms with Crippen LogP contribution in [0.3, 0.4) is 0 Å². The monoisotopic (exact) mass is 463 g/mol. The number of hydrogen-bond acceptors (Lipinski definition) is 8. The van der Waals surface area contributed by atoms with Gasteiger partial charge in [0, 0.05) is 30.8 Å². The maximum atomic E-state index is 12.8. The molecule has 0 saturated carbocycles. The molecule has 1 aliphatic heterocycles. The van der Waals surface area contributed by atoms with Crippen LogP contribution < -0.4 is 16.4 Å². The third-order valence-electron chi connectivity index (χ3n) is 5.42. The van der Waals surface area contributed by atoms with E-state index >= 15 is 0 Å². The summed E-state index contributed by atoms with van der Waals surface area (Å²) in [5.74, 6) is -3.04. The summed E-state index contributed by atoms with van der Waals surface area (Å²) >= 11 is 0. The molecule has 2 rings (SSSR count). The standard InChI is InChI=1S/C21H29N5O7/c1-12(2)18(23-13-5-7-14(8-6-13)26(32)33)20(30)24-19(29)16-4-3-11-25(16)21(31)15(22)9-10-17(27)28/h5-8,12,15-16,18,23H,3-4,9-11,22H2,1-2H3,(H,27,28)(H,24,29,30)/t15-,16-,18-/m0/s1. The molecule has 33 heavy (non-hydrogen) atoms. The highest BCUT2D eigenvalue weighted by Gasteiger charge is 2.37. The number of anilines is 1. The van der Waals surface area contributed by atoms with Crippen molar-refractivity contribution >= 4 is 35.1 Å². The molecule has 0 unspecified atom stereocenters. The number of carboxylic acid groups (broad SMARTS) is 1. The number of nitrogens with one attached hydrogen (secondary N) is 2. The van der Waals surface area contributed by atoms with E-state index in [2.05, 4.69) is 10.6 Å². The number of nitrogens with two attached hydrogens (primary N) is 1. The Balaban J connectivity index is 2.03. The summed E-state index contributed by atoms with van der Waals surface area (Å²) in [4.78, 5) is 60.5. The third-order valence-corrected chi connectivity index (χ3v) is 5.42. The van der Waals surface area contributed by atoms with Crippen molar-refractivity contribution in [1.29, 1.82) is 0 Å². The Morgan fingerprint density at radius 3 is 2.42 bits per heavy atom. The smallest absolute Gasteiger partial charge is 0.303 e. The Labute approximate surface area is 190 Å². The molecule has 1 saturated heterocycles. The quantitative estimate of drug-likeness (QED) is 0.288. The topological polar surface area (TPSA) is 185 Å². The zero-order valence-corrected chi connectivity index (χ0v) is 18.5. The van der Waals surface area contributed by atoms with Gasteiger partial charge in [0.1, 0.15) is 12.1 Å². The molecule has 1 aliphatic rings. The largest absolute Gasteiger partial charge is 0.481 e. The summed E-state index contributed by atoms with van der Waals surface area (Å²) in [5, 5.41) is 24.9. The molecular formula is C21H29N5O7. The average molecular weight is 463 g/mol. The van der Waals surface area contributed by atoms with Crippen LogP contribution in [-0.4, -0.2) is 63.3 Å². The molecular weight excluding hydrogens is 434 g/mol. The van der Waals surface area contributed by atoms with E-state index in [1.165, 1.54) is 29.2 Å². The summed E-state index contributed by atoms with van der Waals surface area (Å²) in [6.07, 6.45) is 0.601. The number of carbonyl (C=O) groups excluding carboxylic acids is 3. The Morgan fingerprint density at radius 2 is 1.88 bits per heavy atom. The molecule has 1 fully saturated rings. The number of carboxylic acids is 1. The first kappa shape index (κ1) is 25.7.